The molecule has 25 heavy (non-hydrogen) atoms. The Bertz CT molecular complexity index is 583. The molecule has 0 radical (unpaired) electrons. The predicted molar refractivity (Wildman–Crippen MR) is 96.0 cm³/mol. The molecule has 0 spiro atoms. The number of morpholine rings is 1. The van der Waals surface area contributed by atoms with Crippen LogP contribution in [0.3, 0.4) is 0 Å². The maximum absolute atomic E-state index is 12.3. The van der Waals surface area contributed by atoms with Gasteiger partial charge in [0.25, 0.3) is 5.91 Å². The Balaban J connectivity index is 1.24. The van der Waals surface area contributed by atoms with E-state index in [1.54, 1.807) is 0 Å². The lowest BCUT2D eigenvalue weighted by Gasteiger charge is -2.35. The molecule has 1 saturated carbocycles. The van der Waals surface area contributed by atoms with E-state index in [1.807, 2.05) is 24.3 Å². The molecule has 3 fully saturated rings. The van der Waals surface area contributed by atoms with Gasteiger partial charge in [0.15, 0.2) is 0 Å². The van der Waals surface area contributed by atoms with Crippen LogP contribution in [0.2, 0.25) is 0 Å². The molecule has 1 aliphatic carbocycles. The van der Waals surface area contributed by atoms with Crippen LogP contribution in [0.25, 0.3) is 0 Å². The number of rotatable bonds is 5. The van der Waals surface area contributed by atoms with E-state index in [-0.39, 0.29) is 12.0 Å². The topological polar surface area (TPSA) is 50.8 Å². The van der Waals surface area contributed by atoms with Gasteiger partial charge in [-0.15, -0.1) is 0 Å². The lowest BCUT2D eigenvalue weighted by molar-refractivity contribution is -0.0461. The molecule has 1 aromatic carbocycles. The van der Waals surface area contributed by atoms with E-state index >= 15 is 0 Å². The van der Waals surface area contributed by atoms with Crippen molar-refractivity contribution in [3.05, 3.63) is 29.8 Å². The third-order valence-corrected chi connectivity index (χ3v) is 5.67. The average Bonchev–Trinajstić information content (AvgIpc) is 3.31. The summed E-state index contributed by atoms with van der Waals surface area (Å²) in [6, 6.07) is 8.09. The molecule has 5 nitrogen and oxygen atoms in total. The van der Waals surface area contributed by atoms with E-state index in [0.717, 1.165) is 31.7 Å². The van der Waals surface area contributed by atoms with Crippen LogP contribution >= 0.6 is 0 Å². The van der Waals surface area contributed by atoms with Crippen LogP contribution in [0.5, 0.6) is 5.75 Å². The summed E-state index contributed by atoms with van der Waals surface area (Å²) < 4.78 is 11.8. The molecule has 0 bridgehead atoms. The van der Waals surface area contributed by atoms with Gasteiger partial charge in [-0.25, -0.2) is 0 Å². The molecule has 2 heterocycles. The van der Waals surface area contributed by atoms with E-state index in [0.29, 0.717) is 24.3 Å². The van der Waals surface area contributed by atoms with Gasteiger partial charge >= 0.3 is 0 Å². The maximum Gasteiger partial charge on any atom is 0.251 e. The number of nitrogens with zero attached hydrogens (tertiary/aromatic N) is 1. The highest BCUT2D eigenvalue weighted by molar-refractivity contribution is 5.94. The highest BCUT2D eigenvalue weighted by Gasteiger charge is 2.32. The van der Waals surface area contributed by atoms with Crippen LogP contribution in [0.4, 0.5) is 0 Å². The fourth-order valence-corrected chi connectivity index (χ4v) is 4.20. The molecule has 2 aliphatic heterocycles. The van der Waals surface area contributed by atoms with E-state index in [4.69, 9.17) is 9.47 Å². The third kappa shape index (κ3) is 4.15. The van der Waals surface area contributed by atoms with Crippen molar-refractivity contribution in [1.29, 1.82) is 0 Å². The molecule has 5 heteroatoms. The van der Waals surface area contributed by atoms with Gasteiger partial charge < -0.3 is 14.8 Å². The van der Waals surface area contributed by atoms with Crippen LogP contribution in [-0.2, 0) is 4.74 Å². The molecule has 4 rings (SSSR count). The molecule has 136 valence electrons. The second-order valence-corrected chi connectivity index (χ2v) is 7.51. The lowest BCUT2D eigenvalue weighted by atomic mass is 10.1. The normalized spacial score (nSPS) is 27.2. The minimum Gasteiger partial charge on any atom is -0.490 e. The summed E-state index contributed by atoms with van der Waals surface area (Å²) in [5.41, 5.74) is 0.675. The molecular weight excluding hydrogens is 316 g/mol. The van der Waals surface area contributed by atoms with Crippen molar-refractivity contribution in [3.63, 3.8) is 0 Å². The van der Waals surface area contributed by atoms with E-state index < -0.39 is 0 Å². The Kier molecular flexibility index (Phi) is 5.22. The molecule has 1 amide bonds. The van der Waals surface area contributed by atoms with Crippen molar-refractivity contribution in [2.75, 3.05) is 26.2 Å². The van der Waals surface area contributed by atoms with Gasteiger partial charge in [-0.05, 0) is 69.3 Å². The maximum atomic E-state index is 12.3. The van der Waals surface area contributed by atoms with E-state index in [9.17, 15) is 4.79 Å². The summed E-state index contributed by atoms with van der Waals surface area (Å²) >= 11 is 0. The van der Waals surface area contributed by atoms with Crippen LogP contribution in [0.1, 0.15) is 48.9 Å². The second-order valence-electron chi connectivity index (χ2n) is 7.51. The van der Waals surface area contributed by atoms with Crippen molar-refractivity contribution < 1.29 is 14.3 Å². The number of ether oxygens (including phenoxy) is 2. The van der Waals surface area contributed by atoms with Gasteiger partial charge in [0, 0.05) is 24.7 Å². The van der Waals surface area contributed by atoms with Crippen molar-refractivity contribution >= 4 is 5.91 Å². The molecule has 1 aromatic rings. The second kappa shape index (κ2) is 7.75. The van der Waals surface area contributed by atoms with Gasteiger partial charge in [0.1, 0.15) is 5.75 Å². The zero-order valence-corrected chi connectivity index (χ0v) is 14.8. The quantitative estimate of drug-likeness (QED) is 0.892. The van der Waals surface area contributed by atoms with Crippen LogP contribution in [-0.4, -0.2) is 55.3 Å². The first-order valence-electron chi connectivity index (χ1n) is 9.68. The number of carbonyl (C=O) groups is 1. The van der Waals surface area contributed by atoms with Gasteiger partial charge in [0.05, 0.1) is 18.8 Å². The summed E-state index contributed by atoms with van der Waals surface area (Å²) in [6.45, 7) is 3.47. The summed E-state index contributed by atoms with van der Waals surface area (Å²) in [4.78, 5) is 14.8. The summed E-state index contributed by atoms with van der Waals surface area (Å²) in [5.74, 6) is 0.818. The molecule has 3 aliphatic rings. The van der Waals surface area contributed by atoms with E-state index in [2.05, 4.69) is 10.2 Å². The van der Waals surface area contributed by atoms with Gasteiger partial charge in [-0.2, -0.15) is 0 Å². The van der Waals surface area contributed by atoms with Crippen molar-refractivity contribution in [2.45, 2.75) is 56.8 Å². The van der Waals surface area contributed by atoms with Gasteiger partial charge in [-0.3, -0.25) is 9.69 Å². The Morgan fingerprint density at radius 2 is 1.96 bits per heavy atom. The Hall–Kier alpha value is -1.59. The highest BCUT2D eigenvalue weighted by Crippen LogP contribution is 2.24. The molecule has 2 atom stereocenters. The molecule has 2 saturated heterocycles. The number of hydrogen-bond donors (Lipinski definition) is 1. The van der Waals surface area contributed by atoms with Crippen molar-refractivity contribution in [3.8, 4) is 5.75 Å². The molecule has 1 N–H and O–H groups in total. The Morgan fingerprint density at radius 1 is 1.16 bits per heavy atom. The monoisotopic (exact) mass is 344 g/mol. The summed E-state index contributed by atoms with van der Waals surface area (Å²) in [6.07, 6.45) is 7.75. The van der Waals surface area contributed by atoms with Crippen LogP contribution < -0.4 is 10.1 Å². The van der Waals surface area contributed by atoms with Crippen LogP contribution in [0, 0.1) is 0 Å². The lowest BCUT2D eigenvalue weighted by Crippen LogP contribution is -2.50. The minimum atomic E-state index is -0.0421. The van der Waals surface area contributed by atoms with Gasteiger partial charge in [-0.1, -0.05) is 0 Å². The fraction of sp³-hybridized carbons (Fsp3) is 0.650. The number of fused-ring (bicyclic) bond motifs is 1. The number of nitrogens with one attached hydrogen (secondary N) is 1. The molecule has 0 unspecified atom stereocenters. The number of carbonyl (C=O) groups excluding carboxylic acids is 1. The Morgan fingerprint density at radius 3 is 2.76 bits per heavy atom. The zero-order valence-electron chi connectivity index (χ0n) is 14.8. The first-order valence-corrected chi connectivity index (χ1v) is 9.68. The molecule has 0 aromatic heterocycles. The van der Waals surface area contributed by atoms with Gasteiger partial charge in [0.2, 0.25) is 0 Å². The standard InChI is InChI=1S/C20H28N2O3/c23-20(21-12-19-13-22-11-3-4-16(22)14-24-19)15-7-9-18(10-8-15)25-17-5-1-2-6-17/h7-10,16-17,19H,1-6,11-14H2,(H,21,23)/t16-,19-/m0/s1. The number of hydrogen-bond acceptors (Lipinski definition) is 4. The first-order chi connectivity index (χ1) is 12.3. The Labute approximate surface area is 149 Å². The average molecular weight is 344 g/mol. The van der Waals surface area contributed by atoms with Crippen molar-refractivity contribution in [2.24, 2.45) is 0 Å². The number of benzene rings is 1. The van der Waals surface area contributed by atoms with Crippen LogP contribution in [0.15, 0.2) is 24.3 Å². The van der Waals surface area contributed by atoms with E-state index in [1.165, 1.54) is 32.2 Å². The number of amides is 1. The SMILES string of the molecule is O=C(NC[C@H]1CN2CCC[C@H]2CO1)c1ccc(OC2CCCC2)cc1. The first kappa shape index (κ1) is 16.9. The largest absolute Gasteiger partial charge is 0.490 e. The smallest absolute Gasteiger partial charge is 0.251 e. The molecular formula is C20H28N2O3. The zero-order chi connectivity index (χ0) is 17.1. The summed E-state index contributed by atoms with van der Waals surface area (Å²) in [5, 5.41) is 3.01. The predicted octanol–water partition coefficient (Wildman–Crippen LogP) is 2.60. The summed E-state index contributed by atoms with van der Waals surface area (Å²) in [7, 11) is 0. The van der Waals surface area contributed by atoms with Crippen molar-refractivity contribution in [1.82, 2.24) is 10.2 Å². The fourth-order valence-electron chi connectivity index (χ4n) is 4.20. The minimum absolute atomic E-state index is 0.0421. The highest BCUT2D eigenvalue weighted by atomic mass is 16.5. The third-order valence-electron chi connectivity index (χ3n) is 5.67.